The van der Waals surface area contributed by atoms with Crippen molar-refractivity contribution in [2.24, 2.45) is 0 Å². The van der Waals surface area contributed by atoms with Gasteiger partial charge < -0.3 is 10.0 Å². The van der Waals surface area contributed by atoms with Gasteiger partial charge in [-0.3, -0.25) is 0 Å². The Morgan fingerprint density at radius 3 is 2.50 bits per heavy atom. The second-order valence-corrected chi connectivity index (χ2v) is 4.90. The summed E-state index contributed by atoms with van der Waals surface area (Å²) in [4.78, 5) is 2.05. The first-order chi connectivity index (χ1) is 9.61. The van der Waals surface area contributed by atoms with Gasteiger partial charge in [0.1, 0.15) is 0 Å². The summed E-state index contributed by atoms with van der Waals surface area (Å²) >= 11 is 0. The smallest absolute Gasteiger partial charge is 0.0992 e. The highest BCUT2D eigenvalue weighted by atomic mass is 16.3. The van der Waals surface area contributed by atoms with Gasteiger partial charge in [-0.1, -0.05) is 36.4 Å². The van der Waals surface area contributed by atoms with Crippen LogP contribution in [0, 0.1) is 11.3 Å². The molecule has 3 nitrogen and oxygen atoms in total. The van der Waals surface area contributed by atoms with Crippen LogP contribution < -0.4 is 4.90 Å². The lowest BCUT2D eigenvalue weighted by molar-refractivity contribution is 0.199. The van der Waals surface area contributed by atoms with Gasteiger partial charge in [0.2, 0.25) is 0 Å². The third-order valence-electron chi connectivity index (χ3n) is 3.28. The molecular formula is C17H18N2O. The fraction of sp³-hybridized carbons (Fsp3) is 0.235. The molecule has 1 atom stereocenters. The lowest BCUT2D eigenvalue weighted by Crippen LogP contribution is -2.18. The molecule has 2 aromatic carbocycles. The molecule has 2 aromatic rings. The van der Waals surface area contributed by atoms with Crippen molar-refractivity contribution >= 4 is 5.69 Å². The molecule has 1 N–H and O–H groups in total. The summed E-state index contributed by atoms with van der Waals surface area (Å²) in [5.41, 5.74) is 3.52. The SMILES string of the molecule is C[C@@H](O)c1ccc(C#N)cc1N(C)Cc1ccccc1. The molecule has 0 fully saturated rings. The molecule has 0 aromatic heterocycles. The van der Waals surface area contributed by atoms with Crippen molar-refractivity contribution in [3.05, 3.63) is 65.2 Å². The van der Waals surface area contributed by atoms with Crippen molar-refractivity contribution < 1.29 is 5.11 Å². The molecule has 102 valence electrons. The molecule has 0 aliphatic rings. The second-order valence-electron chi connectivity index (χ2n) is 4.90. The number of benzene rings is 2. The van der Waals surface area contributed by atoms with E-state index in [1.54, 1.807) is 13.0 Å². The summed E-state index contributed by atoms with van der Waals surface area (Å²) in [5.74, 6) is 0. The van der Waals surface area contributed by atoms with E-state index in [1.165, 1.54) is 5.56 Å². The molecule has 0 saturated heterocycles. The number of aliphatic hydroxyl groups excluding tert-OH is 1. The first-order valence-corrected chi connectivity index (χ1v) is 6.59. The molecular weight excluding hydrogens is 248 g/mol. The van der Waals surface area contributed by atoms with E-state index in [1.807, 2.05) is 37.4 Å². The minimum Gasteiger partial charge on any atom is -0.389 e. The molecule has 0 spiro atoms. The predicted octanol–water partition coefficient (Wildman–Crippen LogP) is 3.25. The van der Waals surface area contributed by atoms with Crippen molar-refractivity contribution in [1.29, 1.82) is 5.26 Å². The molecule has 0 bridgehead atoms. The number of aliphatic hydroxyl groups is 1. The highest BCUT2D eigenvalue weighted by molar-refractivity contribution is 5.58. The zero-order valence-corrected chi connectivity index (χ0v) is 11.7. The van der Waals surface area contributed by atoms with E-state index in [4.69, 9.17) is 5.26 Å². The van der Waals surface area contributed by atoms with Gasteiger partial charge in [-0.2, -0.15) is 5.26 Å². The normalized spacial score (nSPS) is 11.7. The number of hydrogen-bond acceptors (Lipinski definition) is 3. The standard InChI is InChI=1S/C17H18N2O/c1-13(20)16-9-8-15(11-18)10-17(16)19(2)12-14-6-4-3-5-7-14/h3-10,13,20H,12H2,1-2H3/t13-/m1/s1. The fourth-order valence-corrected chi connectivity index (χ4v) is 2.24. The average molecular weight is 266 g/mol. The minimum atomic E-state index is -0.559. The van der Waals surface area contributed by atoms with Crippen LogP contribution in [0.25, 0.3) is 0 Å². The van der Waals surface area contributed by atoms with E-state index in [-0.39, 0.29) is 0 Å². The molecule has 3 heteroatoms. The Kier molecular flexibility index (Phi) is 4.39. The number of nitriles is 1. The lowest BCUT2D eigenvalue weighted by atomic mass is 10.0. The number of nitrogens with zero attached hydrogens (tertiary/aromatic N) is 2. The molecule has 2 rings (SSSR count). The van der Waals surface area contributed by atoms with E-state index in [0.29, 0.717) is 5.56 Å². The zero-order valence-electron chi connectivity index (χ0n) is 11.7. The summed E-state index contributed by atoms with van der Waals surface area (Å²) in [6.45, 7) is 2.47. The lowest BCUT2D eigenvalue weighted by Gasteiger charge is -2.24. The number of hydrogen-bond donors (Lipinski definition) is 1. The first-order valence-electron chi connectivity index (χ1n) is 6.59. The molecule has 0 saturated carbocycles. The number of anilines is 1. The van der Waals surface area contributed by atoms with E-state index in [9.17, 15) is 5.11 Å². The second kappa shape index (κ2) is 6.23. The largest absolute Gasteiger partial charge is 0.389 e. The Morgan fingerprint density at radius 2 is 1.90 bits per heavy atom. The summed E-state index contributed by atoms with van der Waals surface area (Å²) < 4.78 is 0. The van der Waals surface area contributed by atoms with E-state index in [2.05, 4.69) is 23.1 Å². The highest BCUT2D eigenvalue weighted by Gasteiger charge is 2.13. The highest BCUT2D eigenvalue weighted by Crippen LogP contribution is 2.27. The fourth-order valence-electron chi connectivity index (χ4n) is 2.24. The Balaban J connectivity index is 2.32. The molecule has 0 aliphatic carbocycles. The Bertz CT molecular complexity index is 615. The van der Waals surface area contributed by atoms with Gasteiger partial charge in [0.15, 0.2) is 0 Å². The van der Waals surface area contributed by atoms with Crippen molar-refractivity contribution in [3.63, 3.8) is 0 Å². The van der Waals surface area contributed by atoms with Crippen LogP contribution >= 0.6 is 0 Å². The maximum absolute atomic E-state index is 9.87. The van der Waals surface area contributed by atoms with Crippen LogP contribution in [0.3, 0.4) is 0 Å². The van der Waals surface area contributed by atoms with Crippen LogP contribution in [0.5, 0.6) is 0 Å². The van der Waals surface area contributed by atoms with Crippen LogP contribution in [0.15, 0.2) is 48.5 Å². The van der Waals surface area contributed by atoms with Gasteiger partial charge in [0.25, 0.3) is 0 Å². The molecule has 0 heterocycles. The quantitative estimate of drug-likeness (QED) is 0.924. The Morgan fingerprint density at radius 1 is 1.20 bits per heavy atom. The summed E-state index contributed by atoms with van der Waals surface area (Å²) in [6.07, 6.45) is -0.559. The molecule has 0 radical (unpaired) electrons. The minimum absolute atomic E-state index is 0.559. The maximum atomic E-state index is 9.87. The summed E-state index contributed by atoms with van der Waals surface area (Å²) in [5, 5.41) is 18.9. The monoisotopic (exact) mass is 266 g/mol. The van der Waals surface area contributed by atoms with Crippen LogP contribution in [0.2, 0.25) is 0 Å². The third-order valence-corrected chi connectivity index (χ3v) is 3.28. The molecule has 0 amide bonds. The van der Waals surface area contributed by atoms with Crippen LogP contribution in [-0.4, -0.2) is 12.2 Å². The Labute approximate surface area is 119 Å². The van der Waals surface area contributed by atoms with Crippen LogP contribution in [0.4, 0.5) is 5.69 Å². The molecule has 20 heavy (non-hydrogen) atoms. The average Bonchev–Trinajstić information content (AvgIpc) is 2.47. The van der Waals surface area contributed by atoms with Crippen molar-refractivity contribution in [2.75, 3.05) is 11.9 Å². The van der Waals surface area contributed by atoms with Crippen LogP contribution in [0.1, 0.15) is 29.7 Å². The zero-order chi connectivity index (χ0) is 14.5. The van der Waals surface area contributed by atoms with Gasteiger partial charge >= 0.3 is 0 Å². The maximum Gasteiger partial charge on any atom is 0.0992 e. The topological polar surface area (TPSA) is 47.3 Å². The molecule has 0 unspecified atom stereocenters. The predicted molar refractivity (Wildman–Crippen MR) is 80.3 cm³/mol. The third kappa shape index (κ3) is 3.17. The van der Waals surface area contributed by atoms with Gasteiger partial charge in [-0.15, -0.1) is 0 Å². The van der Waals surface area contributed by atoms with Crippen molar-refractivity contribution in [3.8, 4) is 6.07 Å². The molecule has 0 aliphatic heterocycles. The summed E-state index contributed by atoms with van der Waals surface area (Å²) in [7, 11) is 1.97. The van der Waals surface area contributed by atoms with Gasteiger partial charge in [0.05, 0.1) is 17.7 Å². The van der Waals surface area contributed by atoms with E-state index < -0.39 is 6.10 Å². The van der Waals surface area contributed by atoms with Gasteiger partial charge in [-0.05, 0) is 24.6 Å². The van der Waals surface area contributed by atoms with Gasteiger partial charge in [-0.25, -0.2) is 0 Å². The van der Waals surface area contributed by atoms with Gasteiger partial charge in [0, 0.05) is 24.8 Å². The first kappa shape index (κ1) is 14.1. The van der Waals surface area contributed by atoms with Crippen LogP contribution in [-0.2, 0) is 6.54 Å². The van der Waals surface area contributed by atoms with E-state index in [0.717, 1.165) is 17.8 Å². The van der Waals surface area contributed by atoms with E-state index >= 15 is 0 Å². The number of rotatable bonds is 4. The summed E-state index contributed by atoms with van der Waals surface area (Å²) in [6, 6.07) is 17.6. The van der Waals surface area contributed by atoms with Crippen molar-refractivity contribution in [2.45, 2.75) is 19.6 Å². The van der Waals surface area contributed by atoms with Crippen molar-refractivity contribution in [1.82, 2.24) is 0 Å². The Hall–Kier alpha value is -2.31.